The molecule has 0 radical (unpaired) electrons. The molecule has 16 heavy (non-hydrogen) atoms. The molecule has 0 heterocycles. The van der Waals surface area contributed by atoms with E-state index in [0.29, 0.717) is 5.69 Å². The first-order chi connectivity index (χ1) is 7.52. The third-order valence-corrected chi connectivity index (χ3v) is 1.98. The van der Waals surface area contributed by atoms with Crippen LogP contribution in [-0.4, -0.2) is 19.3 Å². The summed E-state index contributed by atoms with van der Waals surface area (Å²) in [6.45, 7) is 5.52. The number of carbonyl (C=O) groups excluding carboxylic acids is 1. The molecule has 1 amide bonds. The first-order valence-electron chi connectivity index (χ1n) is 5.15. The number of nitrogens with one attached hydrogen (secondary N) is 1. The highest BCUT2D eigenvalue weighted by molar-refractivity contribution is 5.84. The number of benzene rings is 1. The Hall–Kier alpha value is -1.71. The number of hydrogen-bond donors (Lipinski definition) is 1. The van der Waals surface area contributed by atoms with Crippen LogP contribution >= 0.6 is 0 Å². The Labute approximate surface area is 95.6 Å². The number of anilines is 1. The highest BCUT2D eigenvalue weighted by Gasteiger charge is 2.06. The predicted molar refractivity (Wildman–Crippen MR) is 63.0 cm³/mol. The van der Waals surface area contributed by atoms with Crippen LogP contribution in [0.25, 0.3) is 0 Å². The number of methoxy groups -OCH3 is 1. The van der Waals surface area contributed by atoms with E-state index in [1.807, 2.05) is 13.0 Å². The van der Waals surface area contributed by atoms with Crippen LogP contribution in [0.4, 0.5) is 10.5 Å². The van der Waals surface area contributed by atoms with Crippen LogP contribution < -0.4 is 10.1 Å². The summed E-state index contributed by atoms with van der Waals surface area (Å²) in [5.41, 5.74) is 1.66. The molecule has 0 saturated carbocycles. The van der Waals surface area contributed by atoms with E-state index in [1.54, 1.807) is 33.1 Å². The van der Waals surface area contributed by atoms with Crippen molar-refractivity contribution in [3.8, 4) is 5.75 Å². The molecule has 0 aliphatic carbocycles. The third-order valence-electron chi connectivity index (χ3n) is 1.98. The maximum atomic E-state index is 11.3. The summed E-state index contributed by atoms with van der Waals surface area (Å²) in [6, 6.07) is 5.41. The van der Waals surface area contributed by atoms with E-state index in [0.717, 1.165) is 11.3 Å². The lowest BCUT2D eigenvalue weighted by Gasteiger charge is -2.11. The van der Waals surface area contributed by atoms with Crippen molar-refractivity contribution in [3.05, 3.63) is 23.8 Å². The molecule has 1 aromatic carbocycles. The van der Waals surface area contributed by atoms with Crippen LogP contribution in [0, 0.1) is 6.92 Å². The number of rotatable bonds is 3. The van der Waals surface area contributed by atoms with Crippen molar-refractivity contribution >= 4 is 11.8 Å². The lowest BCUT2D eigenvalue weighted by atomic mass is 10.2. The van der Waals surface area contributed by atoms with Crippen LogP contribution in [0.2, 0.25) is 0 Å². The van der Waals surface area contributed by atoms with Gasteiger partial charge in [0.05, 0.1) is 13.2 Å². The minimum atomic E-state index is -0.445. The van der Waals surface area contributed by atoms with E-state index in [2.05, 4.69) is 5.32 Å². The van der Waals surface area contributed by atoms with Crippen molar-refractivity contribution in [1.82, 2.24) is 0 Å². The second-order valence-electron chi connectivity index (χ2n) is 3.76. The van der Waals surface area contributed by atoms with Crippen LogP contribution in [0.1, 0.15) is 19.4 Å². The van der Waals surface area contributed by atoms with E-state index in [-0.39, 0.29) is 6.10 Å². The van der Waals surface area contributed by atoms with Gasteiger partial charge in [-0.15, -0.1) is 0 Å². The van der Waals surface area contributed by atoms with E-state index in [9.17, 15) is 4.79 Å². The van der Waals surface area contributed by atoms with Gasteiger partial charge < -0.3 is 9.47 Å². The number of hydrogen-bond acceptors (Lipinski definition) is 3. The van der Waals surface area contributed by atoms with Gasteiger partial charge in [-0.05, 0) is 44.5 Å². The third kappa shape index (κ3) is 3.46. The molecular weight excluding hydrogens is 206 g/mol. The number of aryl methyl sites for hydroxylation is 1. The lowest BCUT2D eigenvalue weighted by Crippen LogP contribution is -2.17. The van der Waals surface area contributed by atoms with E-state index < -0.39 is 6.09 Å². The smallest absolute Gasteiger partial charge is 0.411 e. The molecule has 0 aliphatic heterocycles. The average molecular weight is 223 g/mol. The normalized spacial score (nSPS) is 10.1. The summed E-state index contributed by atoms with van der Waals surface area (Å²) in [6.07, 6.45) is -0.570. The SMILES string of the molecule is COc1ccc(NC(=O)OC(C)C)cc1C. The molecule has 0 spiro atoms. The zero-order chi connectivity index (χ0) is 12.1. The predicted octanol–water partition coefficient (Wildman–Crippen LogP) is 2.96. The van der Waals surface area contributed by atoms with Gasteiger partial charge in [0.15, 0.2) is 0 Å². The Morgan fingerprint density at radius 2 is 2.06 bits per heavy atom. The monoisotopic (exact) mass is 223 g/mol. The van der Waals surface area contributed by atoms with Gasteiger partial charge in [-0.25, -0.2) is 4.79 Å². The van der Waals surface area contributed by atoms with Crippen molar-refractivity contribution in [2.45, 2.75) is 26.9 Å². The molecule has 4 nitrogen and oxygen atoms in total. The molecule has 0 atom stereocenters. The van der Waals surface area contributed by atoms with Gasteiger partial charge in [-0.2, -0.15) is 0 Å². The topological polar surface area (TPSA) is 47.6 Å². The molecule has 0 fully saturated rings. The lowest BCUT2D eigenvalue weighted by molar-refractivity contribution is 0.130. The highest BCUT2D eigenvalue weighted by atomic mass is 16.6. The highest BCUT2D eigenvalue weighted by Crippen LogP contribution is 2.21. The maximum Gasteiger partial charge on any atom is 0.411 e. The number of amides is 1. The zero-order valence-corrected chi connectivity index (χ0v) is 10.0. The van der Waals surface area contributed by atoms with Crippen molar-refractivity contribution in [3.63, 3.8) is 0 Å². The Balaban J connectivity index is 2.68. The minimum Gasteiger partial charge on any atom is -0.496 e. The second kappa shape index (κ2) is 5.39. The van der Waals surface area contributed by atoms with E-state index in [4.69, 9.17) is 9.47 Å². The molecule has 0 aliphatic rings. The summed E-state index contributed by atoms with van der Waals surface area (Å²) >= 11 is 0. The molecule has 1 rings (SSSR count). The van der Waals surface area contributed by atoms with Crippen molar-refractivity contribution < 1.29 is 14.3 Å². The Morgan fingerprint density at radius 1 is 1.38 bits per heavy atom. The van der Waals surface area contributed by atoms with E-state index in [1.165, 1.54) is 0 Å². The summed E-state index contributed by atoms with van der Waals surface area (Å²) in [5, 5.41) is 2.65. The van der Waals surface area contributed by atoms with Crippen molar-refractivity contribution in [1.29, 1.82) is 0 Å². The summed E-state index contributed by atoms with van der Waals surface area (Å²) in [5.74, 6) is 0.794. The van der Waals surface area contributed by atoms with Crippen molar-refractivity contribution in [2.75, 3.05) is 12.4 Å². The Morgan fingerprint density at radius 3 is 2.56 bits per heavy atom. The quantitative estimate of drug-likeness (QED) is 0.857. The Kier molecular flexibility index (Phi) is 4.17. The standard InChI is InChI=1S/C12H17NO3/c1-8(2)16-12(14)13-10-5-6-11(15-4)9(3)7-10/h5-8H,1-4H3,(H,13,14). The molecule has 1 aromatic rings. The summed E-state index contributed by atoms with van der Waals surface area (Å²) < 4.78 is 10.1. The number of carbonyl (C=O) groups is 1. The second-order valence-corrected chi connectivity index (χ2v) is 3.76. The first kappa shape index (κ1) is 12.4. The average Bonchev–Trinajstić information content (AvgIpc) is 2.16. The van der Waals surface area contributed by atoms with Gasteiger partial charge in [-0.1, -0.05) is 0 Å². The van der Waals surface area contributed by atoms with Crippen LogP contribution in [0.3, 0.4) is 0 Å². The van der Waals surface area contributed by atoms with Crippen LogP contribution in [-0.2, 0) is 4.74 Å². The number of ether oxygens (including phenoxy) is 2. The molecular formula is C12H17NO3. The fourth-order valence-electron chi connectivity index (χ4n) is 1.32. The van der Waals surface area contributed by atoms with Crippen LogP contribution in [0.15, 0.2) is 18.2 Å². The van der Waals surface area contributed by atoms with Crippen molar-refractivity contribution in [2.24, 2.45) is 0 Å². The van der Waals surface area contributed by atoms with Gasteiger partial charge >= 0.3 is 6.09 Å². The molecule has 88 valence electrons. The minimum absolute atomic E-state index is 0.126. The maximum absolute atomic E-state index is 11.3. The fraction of sp³-hybridized carbons (Fsp3) is 0.417. The summed E-state index contributed by atoms with van der Waals surface area (Å²) in [4.78, 5) is 11.3. The molecule has 0 unspecified atom stereocenters. The van der Waals surface area contributed by atoms with Gasteiger partial charge in [0.2, 0.25) is 0 Å². The van der Waals surface area contributed by atoms with Gasteiger partial charge in [0.1, 0.15) is 5.75 Å². The fourth-order valence-corrected chi connectivity index (χ4v) is 1.32. The van der Waals surface area contributed by atoms with Gasteiger partial charge in [0, 0.05) is 5.69 Å². The largest absolute Gasteiger partial charge is 0.496 e. The summed E-state index contributed by atoms with van der Waals surface area (Å²) in [7, 11) is 1.61. The van der Waals surface area contributed by atoms with Crippen LogP contribution in [0.5, 0.6) is 5.75 Å². The molecule has 0 bridgehead atoms. The Bertz CT molecular complexity index is 375. The molecule has 0 aromatic heterocycles. The molecule has 1 N–H and O–H groups in total. The van der Waals surface area contributed by atoms with Gasteiger partial charge in [0.25, 0.3) is 0 Å². The molecule has 0 saturated heterocycles. The van der Waals surface area contributed by atoms with Gasteiger partial charge in [-0.3, -0.25) is 5.32 Å². The zero-order valence-electron chi connectivity index (χ0n) is 10.0. The van der Waals surface area contributed by atoms with E-state index >= 15 is 0 Å². The first-order valence-corrected chi connectivity index (χ1v) is 5.15. The molecule has 4 heteroatoms.